The standard InChI is InChI=1S/C8H12BrNO/c1-6(2)11-8-4-3-7(9)5-10-8/h3-6,8,10H,1-2H3/t8-/m0/s1. The van der Waals surface area contributed by atoms with Crippen molar-refractivity contribution in [2.24, 2.45) is 0 Å². The van der Waals surface area contributed by atoms with Gasteiger partial charge in [-0.3, -0.25) is 0 Å². The van der Waals surface area contributed by atoms with Gasteiger partial charge in [0.25, 0.3) is 0 Å². The van der Waals surface area contributed by atoms with Gasteiger partial charge in [-0.1, -0.05) is 0 Å². The van der Waals surface area contributed by atoms with Crippen LogP contribution in [0.3, 0.4) is 0 Å². The van der Waals surface area contributed by atoms with E-state index in [1.807, 2.05) is 32.2 Å². The van der Waals surface area contributed by atoms with E-state index in [4.69, 9.17) is 4.74 Å². The van der Waals surface area contributed by atoms with Gasteiger partial charge in [-0.2, -0.15) is 0 Å². The van der Waals surface area contributed by atoms with Crippen LogP contribution >= 0.6 is 15.9 Å². The average molecular weight is 218 g/mol. The van der Waals surface area contributed by atoms with Crippen LogP contribution in [0.2, 0.25) is 0 Å². The van der Waals surface area contributed by atoms with E-state index in [1.165, 1.54) is 0 Å². The molecule has 1 N–H and O–H groups in total. The summed E-state index contributed by atoms with van der Waals surface area (Å²) >= 11 is 3.34. The van der Waals surface area contributed by atoms with Crippen molar-refractivity contribution in [1.82, 2.24) is 5.32 Å². The summed E-state index contributed by atoms with van der Waals surface area (Å²) in [5.41, 5.74) is 0. The summed E-state index contributed by atoms with van der Waals surface area (Å²) in [6, 6.07) is 0. The van der Waals surface area contributed by atoms with E-state index < -0.39 is 0 Å². The third kappa shape index (κ3) is 3.08. The third-order valence-electron chi connectivity index (χ3n) is 1.23. The number of halogens is 1. The number of hydrogen-bond acceptors (Lipinski definition) is 2. The minimum Gasteiger partial charge on any atom is -0.362 e. The van der Waals surface area contributed by atoms with Crippen molar-refractivity contribution in [3.05, 3.63) is 22.8 Å². The van der Waals surface area contributed by atoms with Crippen LogP contribution in [-0.4, -0.2) is 12.3 Å². The van der Waals surface area contributed by atoms with Crippen LogP contribution in [0.4, 0.5) is 0 Å². The Hall–Kier alpha value is -0.280. The van der Waals surface area contributed by atoms with E-state index in [0.717, 1.165) is 4.48 Å². The quantitative estimate of drug-likeness (QED) is 0.766. The van der Waals surface area contributed by atoms with E-state index in [2.05, 4.69) is 21.2 Å². The summed E-state index contributed by atoms with van der Waals surface area (Å²) in [6.45, 7) is 4.03. The first-order valence-corrected chi connectivity index (χ1v) is 4.43. The van der Waals surface area contributed by atoms with Gasteiger partial charge in [0, 0.05) is 10.7 Å². The molecule has 0 radical (unpaired) electrons. The van der Waals surface area contributed by atoms with Gasteiger partial charge in [0.15, 0.2) is 0 Å². The molecule has 1 rings (SSSR count). The lowest BCUT2D eigenvalue weighted by Crippen LogP contribution is -2.29. The van der Waals surface area contributed by atoms with Crippen LogP contribution in [0.15, 0.2) is 22.8 Å². The Kier molecular flexibility index (Phi) is 3.15. The highest BCUT2D eigenvalue weighted by atomic mass is 79.9. The Balaban J connectivity index is 2.37. The first kappa shape index (κ1) is 8.81. The maximum absolute atomic E-state index is 5.48. The molecule has 11 heavy (non-hydrogen) atoms. The zero-order valence-corrected chi connectivity index (χ0v) is 8.26. The lowest BCUT2D eigenvalue weighted by molar-refractivity contribution is 0.0236. The molecule has 1 atom stereocenters. The van der Waals surface area contributed by atoms with Gasteiger partial charge >= 0.3 is 0 Å². The predicted octanol–water partition coefficient (Wildman–Crippen LogP) is 2.13. The molecule has 1 heterocycles. The van der Waals surface area contributed by atoms with E-state index >= 15 is 0 Å². The number of hydrogen-bond donors (Lipinski definition) is 1. The molecule has 3 heteroatoms. The van der Waals surface area contributed by atoms with Gasteiger partial charge in [-0.05, 0) is 41.9 Å². The van der Waals surface area contributed by atoms with Crippen LogP contribution in [0.1, 0.15) is 13.8 Å². The molecule has 0 aromatic heterocycles. The Bertz CT molecular complexity index is 187. The van der Waals surface area contributed by atoms with Crippen molar-refractivity contribution in [3.8, 4) is 0 Å². The maximum Gasteiger partial charge on any atom is 0.147 e. The van der Waals surface area contributed by atoms with Gasteiger partial charge in [0.1, 0.15) is 6.23 Å². The summed E-state index contributed by atoms with van der Waals surface area (Å²) in [6.07, 6.45) is 6.11. The third-order valence-corrected chi connectivity index (χ3v) is 1.73. The lowest BCUT2D eigenvalue weighted by Gasteiger charge is -2.19. The van der Waals surface area contributed by atoms with Gasteiger partial charge in [0.05, 0.1) is 6.10 Å². The van der Waals surface area contributed by atoms with Gasteiger partial charge in [-0.25, -0.2) is 0 Å². The van der Waals surface area contributed by atoms with Crippen LogP contribution in [-0.2, 0) is 4.74 Å². The summed E-state index contributed by atoms with van der Waals surface area (Å²) in [7, 11) is 0. The Morgan fingerprint density at radius 2 is 2.36 bits per heavy atom. The van der Waals surface area contributed by atoms with Gasteiger partial charge in [0.2, 0.25) is 0 Å². The molecular weight excluding hydrogens is 206 g/mol. The fourth-order valence-corrected chi connectivity index (χ4v) is 1.11. The summed E-state index contributed by atoms with van der Waals surface area (Å²) in [5, 5.41) is 3.08. The zero-order valence-electron chi connectivity index (χ0n) is 6.67. The molecule has 0 saturated carbocycles. The van der Waals surface area contributed by atoms with Crippen molar-refractivity contribution in [2.45, 2.75) is 26.2 Å². The number of rotatable bonds is 2. The molecule has 62 valence electrons. The number of ether oxygens (including phenoxy) is 1. The number of dihydropyridines is 1. The molecule has 0 fully saturated rings. The maximum atomic E-state index is 5.48. The summed E-state index contributed by atoms with van der Waals surface area (Å²) < 4.78 is 6.52. The summed E-state index contributed by atoms with van der Waals surface area (Å²) in [4.78, 5) is 0. The zero-order chi connectivity index (χ0) is 8.27. The second kappa shape index (κ2) is 3.93. The van der Waals surface area contributed by atoms with Crippen molar-refractivity contribution < 1.29 is 4.74 Å². The smallest absolute Gasteiger partial charge is 0.147 e. The topological polar surface area (TPSA) is 21.3 Å². The van der Waals surface area contributed by atoms with Gasteiger partial charge in [-0.15, -0.1) is 0 Å². The minimum atomic E-state index is 0.0244. The summed E-state index contributed by atoms with van der Waals surface area (Å²) in [5.74, 6) is 0. The van der Waals surface area contributed by atoms with Crippen LogP contribution in [0.5, 0.6) is 0 Å². The van der Waals surface area contributed by atoms with Crippen molar-refractivity contribution >= 4 is 15.9 Å². The molecule has 0 aliphatic carbocycles. The van der Waals surface area contributed by atoms with Crippen LogP contribution in [0.25, 0.3) is 0 Å². The second-order valence-corrected chi connectivity index (χ2v) is 3.58. The molecule has 0 aromatic carbocycles. The molecule has 0 saturated heterocycles. The van der Waals surface area contributed by atoms with Crippen LogP contribution < -0.4 is 5.32 Å². The van der Waals surface area contributed by atoms with Crippen LogP contribution in [0, 0.1) is 0 Å². The molecule has 1 aliphatic heterocycles. The highest BCUT2D eigenvalue weighted by Crippen LogP contribution is 2.11. The highest BCUT2D eigenvalue weighted by molar-refractivity contribution is 9.11. The van der Waals surface area contributed by atoms with E-state index in [0.29, 0.717) is 0 Å². The van der Waals surface area contributed by atoms with E-state index in [1.54, 1.807) is 0 Å². The molecule has 0 spiro atoms. The van der Waals surface area contributed by atoms with Crippen molar-refractivity contribution in [2.75, 3.05) is 0 Å². The Morgan fingerprint density at radius 1 is 1.64 bits per heavy atom. The number of allylic oxidation sites excluding steroid dienone is 2. The minimum absolute atomic E-state index is 0.0244. The van der Waals surface area contributed by atoms with Crippen molar-refractivity contribution in [1.29, 1.82) is 0 Å². The fraction of sp³-hybridized carbons (Fsp3) is 0.500. The fourth-order valence-electron chi connectivity index (χ4n) is 0.823. The Morgan fingerprint density at radius 3 is 2.82 bits per heavy atom. The lowest BCUT2D eigenvalue weighted by atomic mass is 10.3. The molecule has 0 amide bonds. The Labute approximate surface area is 75.4 Å². The normalized spacial score (nSPS) is 23.3. The SMILES string of the molecule is CC(C)O[C@H]1C=CC(Br)=CN1. The highest BCUT2D eigenvalue weighted by Gasteiger charge is 2.07. The number of nitrogens with one attached hydrogen (secondary N) is 1. The predicted molar refractivity (Wildman–Crippen MR) is 49.3 cm³/mol. The monoisotopic (exact) mass is 217 g/mol. The second-order valence-electron chi connectivity index (χ2n) is 2.66. The molecule has 0 unspecified atom stereocenters. The van der Waals surface area contributed by atoms with E-state index in [-0.39, 0.29) is 12.3 Å². The molecule has 0 aromatic rings. The molecular formula is C8H12BrNO. The molecule has 0 bridgehead atoms. The largest absolute Gasteiger partial charge is 0.362 e. The first-order chi connectivity index (χ1) is 5.18. The first-order valence-electron chi connectivity index (χ1n) is 3.64. The average Bonchev–Trinajstić information content (AvgIpc) is 1.93. The van der Waals surface area contributed by atoms with Gasteiger partial charge < -0.3 is 10.1 Å². The van der Waals surface area contributed by atoms with E-state index in [9.17, 15) is 0 Å². The molecule has 1 aliphatic rings. The molecule has 2 nitrogen and oxygen atoms in total. The van der Waals surface area contributed by atoms with Crippen molar-refractivity contribution in [3.63, 3.8) is 0 Å².